The maximum Gasteiger partial charge on any atom is 0.260 e. The van der Waals surface area contributed by atoms with Crippen molar-refractivity contribution in [3.05, 3.63) is 78.9 Å². The van der Waals surface area contributed by atoms with E-state index in [-0.39, 0.29) is 0 Å². The number of benzene rings is 3. The Bertz CT molecular complexity index is 1040. The summed E-state index contributed by atoms with van der Waals surface area (Å²) in [6, 6.07) is 20.5. The summed E-state index contributed by atoms with van der Waals surface area (Å²) >= 11 is 0.659. The minimum atomic E-state index is 0.645. The molecule has 4 aromatic rings. The van der Waals surface area contributed by atoms with Gasteiger partial charge >= 0.3 is 0 Å². The molecule has 0 aliphatic heterocycles. The number of hydrogen-bond donors (Lipinski definition) is 1. The first-order valence-electron chi connectivity index (χ1n) is 8.14. The Morgan fingerprint density at radius 3 is 2.67 bits per heavy atom. The molecular weight excluding hydrogens is 364 g/mol. The normalized spacial score (nSPS) is 11.0. The van der Waals surface area contributed by atoms with E-state index in [1.54, 1.807) is 17.3 Å². The van der Waals surface area contributed by atoms with Gasteiger partial charge in [-0.05, 0) is 51.7 Å². The second-order valence-corrected chi connectivity index (χ2v) is 6.27. The van der Waals surface area contributed by atoms with Gasteiger partial charge in [0.2, 0.25) is 0 Å². The molecule has 0 amide bonds. The monoisotopic (exact) mass is 380 g/mol. The van der Waals surface area contributed by atoms with E-state index in [0.717, 1.165) is 21.9 Å². The molecule has 27 heavy (non-hydrogen) atoms. The van der Waals surface area contributed by atoms with Gasteiger partial charge in [0.05, 0.1) is 6.54 Å². The van der Waals surface area contributed by atoms with Crippen LogP contribution in [-0.2, 0) is 15.9 Å². The number of nitrogens with zero attached hydrogens (tertiary/aromatic N) is 3. The number of fused-ring (bicyclic) bond motifs is 1. The topological polar surface area (TPSA) is 84.4 Å². The van der Waals surface area contributed by atoms with E-state index in [9.17, 15) is 0 Å². The highest BCUT2D eigenvalue weighted by atomic mass is 32.2. The lowest BCUT2D eigenvalue weighted by Gasteiger charge is -2.08. The van der Waals surface area contributed by atoms with Crippen LogP contribution in [0.4, 0.5) is 0 Å². The fourth-order valence-corrected chi connectivity index (χ4v) is 3.12. The molecular formula is C19H16N4O3S. The summed E-state index contributed by atoms with van der Waals surface area (Å²) in [6.07, 6.45) is 3.25. The molecule has 0 aliphatic rings. The van der Waals surface area contributed by atoms with Crippen LogP contribution in [0.3, 0.4) is 0 Å². The molecule has 8 heteroatoms. The van der Waals surface area contributed by atoms with Gasteiger partial charge in [-0.1, -0.05) is 36.4 Å². The fraction of sp³-hybridized carbons (Fsp3) is 0.0526. The van der Waals surface area contributed by atoms with Crippen LogP contribution in [0.2, 0.25) is 0 Å². The summed E-state index contributed by atoms with van der Waals surface area (Å²) in [4.78, 5) is 7.97. The first-order valence-corrected chi connectivity index (χ1v) is 8.81. The minimum Gasteiger partial charge on any atom is -0.399 e. The first kappa shape index (κ1) is 17.5. The van der Waals surface area contributed by atoms with Gasteiger partial charge in [-0.3, -0.25) is 0 Å². The van der Waals surface area contributed by atoms with E-state index in [1.165, 1.54) is 5.56 Å². The third-order valence-electron chi connectivity index (χ3n) is 4.08. The summed E-state index contributed by atoms with van der Waals surface area (Å²) in [7, 11) is 0. The maximum atomic E-state index is 5.31. The Labute approximate surface area is 160 Å². The van der Waals surface area contributed by atoms with Gasteiger partial charge in [-0.15, -0.1) is 9.32 Å². The second kappa shape index (κ2) is 8.19. The Kier molecular flexibility index (Phi) is 5.31. The zero-order valence-electron chi connectivity index (χ0n) is 14.2. The highest BCUT2D eigenvalue weighted by Gasteiger charge is 2.04. The van der Waals surface area contributed by atoms with Crippen molar-refractivity contribution in [2.24, 2.45) is 5.90 Å². The van der Waals surface area contributed by atoms with Gasteiger partial charge in [0.15, 0.2) is 0 Å². The molecule has 3 aromatic carbocycles. The number of aromatic nitrogens is 3. The van der Waals surface area contributed by atoms with E-state index < -0.39 is 0 Å². The highest BCUT2D eigenvalue weighted by molar-refractivity contribution is 7.90. The molecule has 0 atom stereocenters. The number of rotatable bonds is 7. The third kappa shape index (κ3) is 4.26. The predicted molar refractivity (Wildman–Crippen MR) is 103 cm³/mol. The molecule has 0 fully saturated rings. The van der Waals surface area contributed by atoms with Gasteiger partial charge in [0.25, 0.3) is 12.3 Å². The molecule has 0 unspecified atom stereocenters. The average Bonchev–Trinajstić information content (AvgIpc) is 3.21. The van der Waals surface area contributed by atoms with Crippen LogP contribution in [0, 0.1) is 0 Å². The largest absolute Gasteiger partial charge is 0.399 e. The van der Waals surface area contributed by atoms with E-state index in [0.29, 0.717) is 24.6 Å². The highest BCUT2D eigenvalue weighted by Crippen LogP contribution is 2.28. The van der Waals surface area contributed by atoms with Gasteiger partial charge in [0.1, 0.15) is 18.4 Å². The van der Waals surface area contributed by atoms with Crippen LogP contribution in [-0.4, -0.2) is 14.8 Å². The molecule has 0 radical (unpaired) electrons. The lowest BCUT2D eigenvalue weighted by Crippen LogP contribution is -1.99. The standard InChI is InChI=1S/C19H16N4O3S/c20-25-26-27-24-19-7-6-17-9-16(4-5-18(17)10-19)15-3-1-2-14(8-15)11-23-13-21-12-22-23/h1-10,12-13H,11,20H2. The second-order valence-electron chi connectivity index (χ2n) is 5.83. The summed E-state index contributed by atoms with van der Waals surface area (Å²) in [5.41, 5.74) is 3.46. The van der Waals surface area contributed by atoms with E-state index >= 15 is 0 Å². The molecule has 136 valence electrons. The van der Waals surface area contributed by atoms with Crippen molar-refractivity contribution in [1.82, 2.24) is 14.8 Å². The molecule has 0 saturated carbocycles. The summed E-state index contributed by atoms with van der Waals surface area (Å²) in [6.45, 7) is 0.689. The van der Waals surface area contributed by atoms with Crippen LogP contribution < -0.4 is 10.1 Å². The van der Waals surface area contributed by atoms with Crippen molar-refractivity contribution in [3.8, 4) is 16.9 Å². The molecule has 7 nitrogen and oxygen atoms in total. The molecule has 2 N–H and O–H groups in total. The van der Waals surface area contributed by atoms with Crippen LogP contribution in [0.5, 0.6) is 5.75 Å². The molecule has 0 saturated heterocycles. The van der Waals surface area contributed by atoms with Crippen LogP contribution >= 0.6 is 12.3 Å². The van der Waals surface area contributed by atoms with Crippen LogP contribution in [0.15, 0.2) is 73.3 Å². The van der Waals surface area contributed by atoms with Crippen molar-refractivity contribution in [2.45, 2.75) is 6.54 Å². The van der Waals surface area contributed by atoms with Gasteiger partial charge < -0.3 is 4.18 Å². The van der Waals surface area contributed by atoms with Crippen molar-refractivity contribution >= 4 is 23.1 Å². The Morgan fingerprint density at radius 2 is 1.81 bits per heavy atom. The first-order chi connectivity index (χ1) is 13.3. The SMILES string of the molecule is NOOSOc1ccc2cc(-c3cccc(Cn4cncn4)c3)ccc2c1. The van der Waals surface area contributed by atoms with Gasteiger partial charge in [-0.2, -0.15) is 11.0 Å². The Morgan fingerprint density at radius 1 is 0.963 bits per heavy atom. The molecule has 0 aliphatic carbocycles. The van der Waals surface area contributed by atoms with Crippen molar-refractivity contribution < 1.29 is 13.5 Å². The summed E-state index contributed by atoms with van der Waals surface area (Å²) < 4.78 is 11.6. The van der Waals surface area contributed by atoms with Gasteiger partial charge in [0, 0.05) is 0 Å². The quantitative estimate of drug-likeness (QED) is 0.225. The zero-order valence-corrected chi connectivity index (χ0v) is 15.0. The maximum absolute atomic E-state index is 5.31. The Hall–Kier alpha value is -2.91. The molecule has 1 aromatic heterocycles. The molecule has 4 rings (SSSR count). The molecule has 0 spiro atoms. The smallest absolute Gasteiger partial charge is 0.260 e. The van der Waals surface area contributed by atoms with Crippen LogP contribution in [0.25, 0.3) is 21.9 Å². The van der Waals surface area contributed by atoms with Gasteiger partial charge in [-0.25, -0.2) is 9.67 Å². The summed E-state index contributed by atoms with van der Waals surface area (Å²) in [5, 5.41) is 6.33. The lowest BCUT2D eigenvalue weighted by molar-refractivity contribution is -0.199. The number of hydrogen-bond acceptors (Lipinski definition) is 7. The van der Waals surface area contributed by atoms with Crippen molar-refractivity contribution in [3.63, 3.8) is 0 Å². The minimum absolute atomic E-state index is 0.645. The van der Waals surface area contributed by atoms with E-state index in [1.807, 2.05) is 18.2 Å². The Balaban J connectivity index is 1.57. The predicted octanol–water partition coefficient (Wildman–Crippen LogP) is 3.91. The zero-order chi connectivity index (χ0) is 18.5. The molecule has 0 bridgehead atoms. The third-order valence-corrected chi connectivity index (χ3v) is 4.48. The van der Waals surface area contributed by atoms with E-state index in [2.05, 4.69) is 61.9 Å². The average molecular weight is 380 g/mol. The number of nitrogens with two attached hydrogens (primary N) is 1. The summed E-state index contributed by atoms with van der Waals surface area (Å²) in [5.74, 6) is 5.42. The van der Waals surface area contributed by atoms with Crippen LogP contribution in [0.1, 0.15) is 5.56 Å². The van der Waals surface area contributed by atoms with Crippen molar-refractivity contribution in [1.29, 1.82) is 0 Å². The fourth-order valence-electron chi connectivity index (χ4n) is 2.88. The van der Waals surface area contributed by atoms with Crippen molar-refractivity contribution in [2.75, 3.05) is 0 Å². The van der Waals surface area contributed by atoms with E-state index in [4.69, 9.17) is 10.1 Å². The lowest BCUT2D eigenvalue weighted by atomic mass is 9.99. The molecule has 1 heterocycles.